The molecule has 130 valence electrons. The standard InChI is InChI=1S/C18H17NO6/c1-21-10-7-15(23-3)17-12(20)9-14(25-16(17)8-10)11-5-6-13(22-2)18(19-11)24-4/h5-9H,1-4H3. The fraction of sp³-hybridized carbons (Fsp3) is 0.222. The third-order valence-electron chi connectivity index (χ3n) is 3.71. The summed E-state index contributed by atoms with van der Waals surface area (Å²) in [7, 11) is 6.02. The van der Waals surface area contributed by atoms with Crippen LogP contribution >= 0.6 is 0 Å². The lowest BCUT2D eigenvalue weighted by molar-refractivity contribution is 0.343. The number of ether oxygens (including phenoxy) is 4. The highest BCUT2D eigenvalue weighted by molar-refractivity contribution is 5.86. The molecule has 2 aromatic heterocycles. The Bertz CT molecular complexity index is 979. The second-order valence-corrected chi connectivity index (χ2v) is 5.09. The maximum absolute atomic E-state index is 12.6. The number of hydrogen-bond acceptors (Lipinski definition) is 7. The Balaban J connectivity index is 2.23. The highest BCUT2D eigenvalue weighted by atomic mass is 16.5. The molecular formula is C18H17NO6. The van der Waals surface area contributed by atoms with Gasteiger partial charge in [-0.3, -0.25) is 4.79 Å². The van der Waals surface area contributed by atoms with Gasteiger partial charge in [0.15, 0.2) is 16.9 Å². The topological polar surface area (TPSA) is 80.0 Å². The third kappa shape index (κ3) is 2.96. The van der Waals surface area contributed by atoms with Gasteiger partial charge in [-0.2, -0.15) is 0 Å². The fourth-order valence-electron chi connectivity index (χ4n) is 2.50. The van der Waals surface area contributed by atoms with E-state index in [2.05, 4.69) is 4.98 Å². The summed E-state index contributed by atoms with van der Waals surface area (Å²) in [6.45, 7) is 0. The highest BCUT2D eigenvalue weighted by Crippen LogP contribution is 2.33. The summed E-state index contributed by atoms with van der Waals surface area (Å²) in [5, 5.41) is 0.340. The Morgan fingerprint density at radius 2 is 1.64 bits per heavy atom. The number of fused-ring (bicyclic) bond motifs is 1. The molecule has 3 rings (SSSR count). The minimum atomic E-state index is -0.243. The van der Waals surface area contributed by atoms with Crippen molar-refractivity contribution in [1.29, 1.82) is 0 Å². The van der Waals surface area contributed by atoms with E-state index in [0.717, 1.165) is 0 Å². The number of hydrogen-bond donors (Lipinski definition) is 0. The molecule has 7 heteroatoms. The Morgan fingerprint density at radius 3 is 2.28 bits per heavy atom. The van der Waals surface area contributed by atoms with E-state index in [1.807, 2.05) is 0 Å². The molecule has 0 unspecified atom stereocenters. The van der Waals surface area contributed by atoms with Crippen LogP contribution in [0.4, 0.5) is 0 Å². The van der Waals surface area contributed by atoms with Crippen molar-refractivity contribution < 1.29 is 23.4 Å². The van der Waals surface area contributed by atoms with Crippen LogP contribution < -0.4 is 24.4 Å². The molecule has 0 fully saturated rings. The molecule has 0 saturated carbocycles. The van der Waals surface area contributed by atoms with Crippen molar-refractivity contribution in [2.45, 2.75) is 0 Å². The quantitative estimate of drug-likeness (QED) is 0.704. The minimum absolute atomic E-state index is 0.243. The monoisotopic (exact) mass is 343 g/mol. The van der Waals surface area contributed by atoms with Crippen molar-refractivity contribution in [1.82, 2.24) is 4.98 Å². The lowest BCUT2D eigenvalue weighted by Crippen LogP contribution is -2.04. The minimum Gasteiger partial charge on any atom is -0.496 e. The van der Waals surface area contributed by atoms with E-state index >= 15 is 0 Å². The van der Waals surface area contributed by atoms with Gasteiger partial charge >= 0.3 is 0 Å². The Labute approximate surface area is 143 Å². The predicted molar refractivity (Wildman–Crippen MR) is 91.9 cm³/mol. The molecule has 0 N–H and O–H groups in total. The van der Waals surface area contributed by atoms with E-state index in [0.29, 0.717) is 45.6 Å². The molecule has 0 bridgehead atoms. The van der Waals surface area contributed by atoms with Crippen LogP contribution in [-0.4, -0.2) is 33.4 Å². The summed E-state index contributed by atoms with van der Waals surface area (Å²) in [5.74, 6) is 1.98. The van der Waals surface area contributed by atoms with Crippen LogP contribution in [0.1, 0.15) is 0 Å². The smallest absolute Gasteiger partial charge is 0.257 e. The summed E-state index contributed by atoms with van der Waals surface area (Å²) in [6.07, 6.45) is 0. The third-order valence-corrected chi connectivity index (χ3v) is 3.71. The van der Waals surface area contributed by atoms with Gasteiger partial charge in [0.1, 0.15) is 28.2 Å². The summed E-state index contributed by atoms with van der Waals surface area (Å²) < 4.78 is 26.7. The molecule has 2 heterocycles. The van der Waals surface area contributed by atoms with Gasteiger partial charge in [-0.15, -0.1) is 0 Å². The Hall–Kier alpha value is -3.22. The maximum atomic E-state index is 12.6. The second kappa shape index (κ2) is 6.72. The number of nitrogens with zero attached hydrogens (tertiary/aromatic N) is 1. The average Bonchev–Trinajstić information content (AvgIpc) is 2.65. The molecular weight excluding hydrogens is 326 g/mol. The molecule has 0 aliphatic rings. The molecule has 7 nitrogen and oxygen atoms in total. The maximum Gasteiger partial charge on any atom is 0.257 e. The lowest BCUT2D eigenvalue weighted by Gasteiger charge is -2.10. The van der Waals surface area contributed by atoms with Crippen molar-refractivity contribution in [3.8, 4) is 34.6 Å². The molecule has 0 saturated heterocycles. The normalized spacial score (nSPS) is 10.6. The Kier molecular flexibility index (Phi) is 4.47. The van der Waals surface area contributed by atoms with Gasteiger partial charge < -0.3 is 23.4 Å². The summed E-state index contributed by atoms with van der Waals surface area (Å²) in [4.78, 5) is 16.9. The number of benzene rings is 1. The summed E-state index contributed by atoms with van der Waals surface area (Å²) in [6, 6.07) is 8.00. The molecule has 1 aromatic carbocycles. The van der Waals surface area contributed by atoms with Crippen LogP contribution in [0.15, 0.2) is 39.5 Å². The summed E-state index contributed by atoms with van der Waals surface area (Å²) >= 11 is 0. The van der Waals surface area contributed by atoms with E-state index in [1.54, 1.807) is 24.3 Å². The van der Waals surface area contributed by atoms with Crippen LogP contribution in [-0.2, 0) is 0 Å². The van der Waals surface area contributed by atoms with Crippen molar-refractivity contribution in [2.75, 3.05) is 28.4 Å². The molecule has 0 amide bonds. The number of methoxy groups -OCH3 is 4. The van der Waals surface area contributed by atoms with Crippen LogP contribution in [0.2, 0.25) is 0 Å². The first kappa shape index (κ1) is 16.6. The van der Waals surface area contributed by atoms with Gasteiger partial charge in [-0.25, -0.2) is 4.98 Å². The van der Waals surface area contributed by atoms with Gasteiger partial charge in [0.25, 0.3) is 5.88 Å². The lowest BCUT2D eigenvalue weighted by atomic mass is 10.1. The predicted octanol–water partition coefficient (Wildman–Crippen LogP) is 2.89. The molecule has 25 heavy (non-hydrogen) atoms. The van der Waals surface area contributed by atoms with Gasteiger partial charge in [0.05, 0.1) is 28.4 Å². The van der Waals surface area contributed by atoms with Crippen LogP contribution in [0.5, 0.6) is 23.1 Å². The molecule has 3 aromatic rings. The number of rotatable bonds is 5. The molecule has 0 radical (unpaired) electrons. The molecule has 0 spiro atoms. The first-order valence-corrected chi connectivity index (χ1v) is 7.40. The van der Waals surface area contributed by atoms with E-state index in [4.69, 9.17) is 23.4 Å². The largest absolute Gasteiger partial charge is 0.496 e. The highest BCUT2D eigenvalue weighted by Gasteiger charge is 2.15. The fourth-order valence-corrected chi connectivity index (χ4v) is 2.50. The van der Waals surface area contributed by atoms with Gasteiger partial charge in [-0.1, -0.05) is 0 Å². The average molecular weight is 343 g/mol. The first-order chi connectivity index (χ1) is 12.1. The van der Waals surface area contributed by atoms with E-state index in [1.165, 1.54) is 34.5 Å². The van der Waals surface area contributed by atoms with Gasteiger partial charge in [0, 0.05) is 18.2 Å². The van der Waals surface area contributed by atoms with Crippen LogP contribution in [0.3, 0.4) is 0 Å². The van der Waals surface area contributed by atoms with Gasteiger partial charge in [-0.05, 0) is 12.1 Å². The van der Waals surface area contributed by atoms with Crippen LogP contribution in [0, 0.1) is 0 Å². The van der Waals surface area contributed by atoms with Crippen molar-refractivity contribution in [3.05, 3.63) is 40.6 Å². The molecule has 0 atom stereocenters. The second-order valence-electron chi connectivity index (χ2n) is 5.09. The van der Waals surface area contributed by atoms with Crippen molar-refractivity contribution in [2.24, 2.45) is 0 Å². The number of aromatic nitrogens is 1. The molecule has 0 aliphatic carbocycles. The van der Waals surface area contributed by atoms with E-state index in [-0.39, 0.29) is 5.43 Å². The van der Waals surface area contributed by atoms with E-state index in [9.17, 15) is 4.79 Å². The van der Waals surface area contributed by atoms with Crippen molar-refractivity contribution in [3.63, 3.8) is 0 Å². The zero-order valence-corrected chi connectivity index (χ0v) is 14.3. The summed E-state index contributed by atoms with van der Waals surface area (Å²) in [5.41, 5.74) is 0.543. The Morgan fingerprint density at radius 1 is 0.880 bits per heavy atom. The SMILES string of the molecule is COc1cc(OC)c2c(=O)cc(-c3ccc(OC)c(OC)n3)oc2c1. The zero-order chi connectivity index (χ0) is 18.0. The van der Waals surface area contributed by atoms with E-state index < -0.39 is 0 Å². The zero-order valence-electron chi connectivity index (χ0n) is 14.3. The van der Waals surface area contributed by atoms with Gasteiger partial charge in [0.2, 0.25) is 0 Å². The first-order valence-electron chi connectivity index (χ1n) is 7.40. The molecule has 0 aliphatic heterocycles. The van der Waals surface area contributed by atoms with Crippen LogP contribution in [0.25, 0.3) is 22.4 Å². The van der Waals surface area contributed by atoms with Crippen molar-refractivity contribution >= 4 is 11.0 Å². The number of pyridine rings is 1.